The van der Waals surface area contributed by atoms with Gasteiger partial charge in [-0.3, -0.25) is 4.79 Å². The standard InChI is InChI=1S/C14H22N2OS/c1-11(13-3-2-10-18-13)16-14(17)5-4-12-6-8-15-9-7-12/h2-3,10-12,15H,4-9H2,1H3,(H,16,17)/t11-/m0/s1. The maximum Gasteiger partial charge on any atom is 0.220 e. The molecule has 100 valence electrons. The number of nitrogens with one attached hydrogen (secondary N) is 2. The lowest BCUT2D eigenvalue weighted by Crippen LogP contribution is -2.30. The van der Waals surface area contributed by atoms with Crippen molar-refractivity contribution in [1.82, 2.24) is 10.6 Å². The van der Waals surface area contributed by atoms with Crippen LogP contribution in [0.3, 0.4) is 0 Å². The predicted molar refractivity (Wildman–Crippen MR) is 75.7 cm³/mol. The maximum absolute atomic E-state index is 11.9. The summed E-state index contributed by atoms with van der Waals surface area (Å²) in [4.78, 5) is 13.1. The van der Waals surface area contributed by atoms with Gasteiger partial charge in [-0.15, -0.1) is 11.3 Å². The van der Waals surface area contributed by atoms with Crippen molar-refractivity contribution < 1.29 is 4.79 Å². The molecule has 0 unspecified atom stereocenters. The molecule has 2 N–H and O–H groups in total. The van der Waals surface area contributed by atoms with E-state index in [4.69, 9.17) is 0 Å². The van der Waals surface area contributed by atoms with Gasteiger partial charge < -0.3 is 10.6 Å². The third-order valence-electron chi connectivity index (χ3n) is 3.59. The molecule has 1 aliphatic heterocycles. The van der Waals surface area contributed by atoms with Crippen molar-refractivity contribution in [2.45, 2.75) is 38.6 Å². The minimum atomic E-state index is 0.144. The van der Waals surface area contributed by atoms with E-state index in [0.717, 1.165) is 25.4 Å². The van der Waals surface area contributed by atoms with Gasteiger partial charge in [0.2, 0.25) is 5.91 Å². The molecule has 0 bridgehead atoms. The van der Waals surface area contributed by atoms with Gasteiger partial charge >= 0.3 is 0 Å². The molecule has 0 saturated carbocycles. The van der Waals surface area contributed by atoms with E-state index in [1.807, 2.05) is 18.4 Å². The van der Waals surface area contributed by atoms with E-state index >= 15 is 0 Å². The molecule has 1 fully saturated rings. The third-order valence-corrected chi connectivity index (χ3v) is 4.64. The van der Waals surface area contributed by atoms with Gasteiger partial charge in [0.25, 0.3) is 0 Å². The smallest absolute Gasteiger partial charge is 0.220 e. The van der Waals surface area contributed by atoms with Crippen LogP contribution in [0.15, 0.2) is 17.5 Å². The van der Waals surface area contributed by atoms with Gasteiger partial charge in [0.05, 0.1) is 6.04 Å². The number of rotatable bonds is 5. The molecule has 18 heavy (non-hydrogen) atoms. The Morgan fingerprint density at radius 3 is 3.00 bits per heavy atom. The van der Waals surface area contributed by atoms with E-state index in [1.165, 1.54) is 17.7 Å². The zero-order valence-corrected chi connectivity index (χ0v) is 11.8. The molecule has 3 nitrogen and oxygen atoms in total. The highest BCUT2D eigenvalue weighted by Crippen LogP contribution is 2.20. The molecule has 0 aliphatic carbocycles. The van der Waals surface area contributed by atoms with Gasteiger partial charge in [-0.05, 0) is 56.6 Å². The first-order valence-electron chi connectivity index (χ1n) is 6.79. The van der Waals surface area contributed by atoms with E-state index in [9.17, 15) is 4.79 Å². The van der Waals surface area contributed by atoms with Crippen LogP contribution in [0.25, 0.3) is 0 Å². The Morgan fingerprint density at radius 1 is 1.56 bits per heavy atom. The van der Waals surface area contributed by atoms with Crippen LogP contribution in [0.5, 0.6) is 0 Å². The first-order chi connectivity index (χ1) is 8.75. The molecule has 1 aliphatic rings. The Balaban J connectivity index is 1.68. The van der Waals surface area contributed by atoms with Gasteiger partial charge in [-0.1, -0.05) is 6.07 Å². The van der Waals surface area contributed by atoms with Crippen LogP contribution in [-0.4, -0.2) is 19.0 Å². The molecule has 1 aromatic rings. The molecule has 1 aromatic heterocycles. The highest BCUT2D eigenvalue weighted by Gasteiger charge is 2.15. The molecular formula is C14H22N2OS. The van der Waals surface area contributed by atoms with Crippen LogP contribution in [0.4, 0.5) is 0 Å². The predicted octanol–water partition coefficient (Wildman–Crippen LogP) is 2.71. The van der Waals surface area contributed by atoms with Gasteiger partial charge in [0.1, 0.15) is 0 Å². The summed E-state index contributed by atoms with van der Waals surface area (Å²) in [5.41, 5.74) is 0. The lowest BCUT2D eigenvalue weighted by atomic mass is 9.93. The number of piperidine rings is 1. The van der Waals surface area contributed by atoms with Gasteiger partial charge in [0, 0.05) is 11.3 Å². The summed E-state index contributed by atoms with van der Waals surface area (Å²) < 4.78 is 0. The average molecular weight is 266 g/mol. The number of hydrogen-bond acceptors (Lipinski definition) is 3. The van der Waals surface area contributed by atoms with Crippen molar-refractivity contribution in [3.05, 3.63) is 22.4 Å². The summed E-state index contributed by atoms with van der Waals surface area (Å²) in [5.74, 6) is 0.920. The highest BCUT2D eigenvalue weighted by molar-refractivity contribution is 7.10. The molecule has 1 saturated heterocycles. The summed E-state index contributed by atoms with van der Waals surface area (Å²) in [6, 6.07) is 4.24. The quantitative estimate of drug-likeness (QED) is 0.860. The molecule has 0 aromatic carbocycles. The van der Waals surface area contributed by atoms with Crippen molar-refractivity contribution in [3.63, 3.8) is 0 Å². The fourth-order valence-corrected chi connectivity index (χ4v) is 3.16. The summed E-state index contributed by atoms with van der Waals surface area (Å²) in [7, 11) is 0. The number of carbonyl (C=O) groups excluding carboxylic acids is 1. The molecule has 1 atom stereocenters. The SMILES string of the molecule is C[C@H](NC(=O)CCC1CCNCC1)c1cccs1. The van der Waals surface area contributed by atoms with Crippen molar-refractivity contribution in [2.75, 3.05) is 13.1 Å². The Kier molecular flexibility index (Phi) is 5.20. The van der Waals surface area contributed by atoms with Crippen molar-refractivity contribution in [1.29, 1.82) is 0 Å². The first-order valence-corrected chi connectivity index (χ1v) is 7.67. The molecule has 4 heteroatoms. The topological polar surface area (TPSA) is 41.1 Å². The minimum Gasteiger partial charge on any atom is -0.349 e. The lowest BCUT2D eigenvalue weighted by Gasteiger charge is -2.22. The fourth-order valence-electron chi connectivity index (χ4n) is 2.43. The van der Waals surface area contributed by atoms with Crippen molar-refractivity contribution in [3.8, 4) is 0 Å². The first kappa shape index (κ1) is 13.6. The van der Waals surface area contributed by atoms with Crippen LogP contribution in [-0.2, 0) is 4.79 Å². The van der Waals surface area contributed by atoms with E-state index in [2.05, 4.69) is 16.7 Å². The van der Waals surface area contributed by atoms with Crippen LogP contribution in [0.2, 0.25) is 0 Å². The van der Waals surface area contributed by atoms with Gasteiger partial charge in [-0.25, -0.2) is 0 Å². The zero-order valence-electron chi connectivity index (χ0n) is 10.9. The molecule has 0 spiro atoms. The molecule has 0 radical (unpaired) electrons. The largest absolute Gasteiger partial charge is 0.349 e. The number of hydrogen-bond donors (Lipinski definition) is 2. The number of carbonyl (C=O) groups is 1. The number of thiophene rings is 1. The highest BCUT2D eigenvalue weighted by atomic mass is 32.1. The zero-order chi connectivity index (χ0) is 12.8. The average Bonchev–Trinajstić information content (AvgIpc) is 2.91. The Morgan fingerprint density at radius 2 is 2.33 bits per heavy atom. The Bertz CT molecular complexity index is 358. The van der Waals surface area contributed by atoms with Crippen LogP contribution < -0.4 is 10.6 Å². The van der Waals surface area contributed by atoms with Crippen LogP contribution in [0, 0.1) is 5.92 Å². The van der Waals surface area contributed by atoms with E-state index in [0.29, 0.717) is 6.42 Å². The minimum absolute atomic E-state index is 0.144. The summed E-state index contributed by atoms with van der Waals surface area (Å²) in [5, 5.41) is 8.48. The molecular weight excluding hydrogens is 244 g/mol. The Hall–Kier alpha value is -0.870. The third kappa shape index (κ3) is 4.10. The van der Waals surface area contributed by atoms with E-state index in [1.54, 1.807) is 11.3 Å². The fraction of sp³-hybridized carbons (Fsp3) is 0.643. The van der Waals surface area contributed by atoms with Gasteiger partial charge in [-0.2, -0.15) is 0 Å². The second-order valence-corrected chi connectivity index (χ2v) is 6.02. The summed E-state index contributed by atoms with van der Waals surface area (Å²) in [6.07, 6.45) is 4.13. The second kappa shape index (κ2) is 6.90. The lowest BCUT2D eigenvalue weighted by molar-refractivity contribution is -0.122. The van der Waals surface area contributed by atoms with Crippen molar-refractivity contribution >= 4 is 17.2 Å². The normalized spacial score (nSPS) is 18.5. The molecule has 2 heterocycles. The van der Waals surface area contributed by atoms with E-state index in [-0.39, 0.29) is 11.9 Å². The monoisotopic (exact) mass is 266 g/mol. The molecule has 1 amide bonds. The summed E-state index contributed by atoms with van der Waals surface area (Å²) >= 11 is 1.70. The van der Waals surface area contributed by atoms with Gasteiger partial charge in [0.15, 0.2) is 0 Å². The van der Waals surface area contributed by atoms with Crippen LogP contribution in [0.1, 0.15) is 43.5 Å². The van der Waals surface area contributed by atoms with Crippen LogP contribution >= 0.6 is 11.3 Å². The second-order valence-electron chi connectivity index (χ2n) is 5.04. The summed E-state index contributed by atoms with van der Waals surface area (Å²) in [6.45, 7) is 4.27. The van der Waals surface area contributed by atoms with Crippen molar-refractivity contribution in [2.24, 2.45) is 5.92 Å². The Labute approximate surface area is 113 Å². The molecule has 2 rings (SSSR count). The number of amides is 1. The van der Waals surface area contributed by atoms with E-state index < -0.39 is 0 Å². The maximum atomic E-state index is 11.9.